The molecule has 100 valence electrons. The summed E-state index contributed by atoms with van der Waals surface area (Å²) in [4.78, 5) is 9.44. The van der Waals surface area contributed by atoms with Gasteiger partial charge >= 0.3 is 6.09 Å². The quantitative estimate of drug-likeness (QED) is 0.880. The summed E-state index contributed by atoms with van der Waals surface area (Å²) in [5.74, 6) is 0. The Kier molecular flexibility index (Phi) is 5.08. The lowest BCUT2D eigenvalue weighted by Gasteiger charge is -2.03. The van der Waals surface area contributed by atoms with E-state index in [-0.39, 0.29) is 0 Å². The minimum atomic E-state index is -3.34. The van der Waals surface area contributed by atoms with E-state index in [0.717, 1.165) is 0 Å². The van der Waals surface area contributed by atoms with Crippen LogP contribution in [0.15, 0.2) is 70.5 Å². The molecule has 0 aliphatic rings. The van der Waals surface area contributed by atoms with Gasteiger partial charge in [-0.25, -0.2) is 13.2 Å². The van der Waals surface area contributed by atoms with Crippen molar-refractivity contribution in [2.24, 2.45) is 5.73 Å². The van der Waals surface area contributed by atoms with Crippen LogP contribution in [0.25, 0.3) is 0 Å². The summed E-state index contributed by atoms with van der Waals surface area (Å²) in [6.07, 6.45) is -1.33. The maximum atomic E-state index is 12.0. The number of carbonyl (C=O) groups is 1. The van der Waals surface area contributed by atoms with E-state index in [1.54, 1.807) is 60.7 Å². The Morgan fingerprint density at radius 3 is 1.37 bits per heavy atom. The number of carboxylic acid groups (broad SMARTS) is 1. The highest BCUT2D eigenvalue weighted by molar-refractivity contribution is 7.91. The van der Waals surface area contributed by atoms with E-state index in [1.807, 2.05) is 0 Å². The zero-order valence-electron chi connectivity index (χ0n) is 9.93. The Morgan fingerprint density at radius 1 is 0.842 bits per heavy atom. The van der Waals surface area contributed by atoms with Gasteiger partial charge in [0.2, 0.25) is 9.84 Å². The Bertz CT molecular complexity index is 575. The number of benzene rings is 2. The predicted octanol–water partition coefficient (Wildman–Crippen LogP) is 2.14. The smallest absolute Gasteiger partial charge is 0.402 e. The number of hydrogen-bond donors (Lipinski definition) is 2. The van der Waals surface area contributed by atoms with Crippen molar-refractivity contribution in [1.82, 2.24) is 0 Å². The number of primary amides is 1. The van der Waals surface area contributed by atoms with Gasteiger partial charge in [0.1, 0.15) is 0 Å². The fourth-order valence-corrected chi connectivity index (χ4v) is 2.64. The zero-order chi connectivity index (χ0) is 14.3. The lowest BCUT2D eigenvalue weighted by atomic mass is 10.4. The molecule has 0 radical (unpaired) electrons. The topological polar surface area (TPSA) is 97.5 Å². The van der Waals surface area contributed by atoms with E-state index in [4.69, 9.17) is 9.90 Å². The molecule has 0 saturated heterocycles. The molecule has 19 heavy (non-hydrogen) atoms. The number of hydrogen-bond acceptors (Lipinski definition) is 3. The fourth-order valence-electron chi connectivity index (χ4n) is 1.34. The number of sulfone groups is 1. The first-order valence-electron chi connectivity index (χ1n) is 5.28. The molecule has 0 aromatic heterocycles. The molecule has 0 fully saturated rings. The van der Waals surface area contributed by atoms with Crippen LogP contribution in [0.3, 0.4) is 0 Å². The summed E-state index contributed by atoms with van der Waals surface area (Å²) in [6, 6.07) is 16.9. The second-order valence-corrected chi connectivity index (χ2v) is 5.42. The summed E-state index contributed by atoms with van der Waals surface area (Å²) in [5.41, 5.74) is 4.03. The molecule has 2 rings (SSSR count). The maximum absolute atomic E-state index is 12.0. The Labute approximate surface area is 111 Å². The molecule has 0 saturated carbocycles. The summed E-state index contributed by atoms with van der Waals surface area (Å²) in [7, 11) is -3.34. The third-order valence-corrected chi connectivity index (χ3v) is 3.89. The highest BCUT2D eigenvalue weighted by atomic mass is 32.2. The van der Waals surface area contributed by atoms with Crippen molar-refractivity contribution in [1.29, 1.82) is 0 Å². The molecule has 0 atom stereocenters. The van der Waals surface area contributed by atoms with Crippen molar-refractivity contribution in [3.63, 3.8) is 0 Å². The standard InChI is InChI=1S/C12H10O2S.CH3NO2/c13-15(14,11-7-3-1-4-8-11)12-9-5-2-6-10-12;2-1(3)4/h1-10H;2H2,(H,3,4). The van der Waals surface area contributed by atoms with E-state index in [0.29, 0.717) is 9.79 Å². The molecule has 0 bridgehead atoms. The first-order chi connectivity index (χ1) is 8.94. The third kappa shape index (κ3) is 4.44. The molecular weight excluding hydrogens is 266 g/mol. The molecule has 6 heteroatoms. The maximum Gasteiger partial charge on any atom is 0.402 e. The third-order valence-electron chi connectivity index (χ3n) is 2.11. The monoisotopic (exact) mass is 279 g/mol. The van der Waals surface area contributed by atoms with Crippen LogP contribution in [0.1, 0.15) is 0 Å². The van der Waals surface area contributed by atoms with Crippen LogP contribution >= 0.6 is 0 Å². The average molecular weight is 279 g/mol. The number of amides is 1. The minimum absolute atomic E-state index is 0.330. The molecular formula is C13H13NO4S. The van der Waals surface area contributed by atoms with E-state index < -0.39 is 15.9 Å². The van der Waals surface area contributed by atoms with Gasteiger partial charge in [-0.1, -0.05) is 36.4 Å². The zero-order valence-corrected chi connectivity index (χ0v) is 10.7. The van der Waals surface area contributed by atoms with Crippen LogP contribution in [0.4, 0.5) is 4.79 Å². The van der Waals surface area contributed by atoms with Crippen LogP contribution < -0.4 is 5.73 Å². The normalized spacial score (nSPS) is 10.1. The van der Waals surface area contributed by atoms with Gasteiger partial charge in [0.05, 0.1) is 9.79 Å². The summed E-state index contributed by atoms with van der Waals surface area (Å²) in [6.45, 7) is 0. The Balaban J connectivity index is 0.000000399. The van der Waals surface area contributed by atoms with Crippen molar-refractivity contribution >= 4 is 15.9 Å². The van der Waals surface area contributed by atoms with E-state index >= 15 is 0 Å². The van der Waals surface area contributed by atoms with Crippen molar-refractivity contribution < 1.29 is 18.3 Å². The largest absolute Gasteiger partial charge is 0.465 e. The van der Waals surface area contributed by atoms with Crippen molar-refractivity contribution in [2.45, 2.75) is 9.79 Å². The summed E-state index contributed by atoms with van der Waals surface area (Å²) in [5, 5.41) is 7.19. The average Bonchev–Trinajstić information content (AvgIpc) is 2.40. The van der Waals surface area contributed by atoms with Crippen molar-refractivity contribution in [2.75, 3.05) is 0 Å². The van der Waals surface area contributed by atoms with Crippen LogP contribution in [-0.2, 0) is 9.84 Å². The minimum Gasteiger partial charge on any atom is -0.465 e. The van der Waals surface area contributed by atoms with Gasteiger partial charge in [-0.15, -0.1) is 0 Å². The second-order valence-electron chi connectivity index (χ2n) is 3.47. The Hall–Kier alpha value is -2.34. The number of rotatable bonds is 2. The highest BCUT2D eigenvalue weighted by Gasteiger charge is 2.15. The molecule has 0 heterocycles. The van der Waals surface area contributed by atoms with Gasteiger partial charge in [0, 0.05) is 0 Å². The lowest BCUT2D eigenvalue weighted by Crippen LogP contribution is -2.03. The van der Waals surface area contributed by atoms with Gasteiger partial charge in [0.25, 0.3) is 0 Å². The van der Waals surface area contributed by atoms with E-state index in [1.165, 1.54) is 0 Å². The Morgan fingerprint density at radius 2 is 1.11 bits per heavy atom. The first-order valence-corrected chi connectivity index (χ1v) is 6.76. The van der Waals surface area contributed by atoms with Gasteiger partial charge < -0.3 is 10.8 Å². The van der Waals surface area contributed by atoms with E-state index in [2.05, 4.69) is 5.73 Å². The lowest BCUT2D eigenvalue weighted by molar-refractivity contribution is 0.205. The molecule has 0 spiro atoms. The van der Waals surface area contributed by atoms with Gasteiger partial charge in [-0.3, -0.25) is 0 Å². The molecule has 2 aromatic carbocycles. The van der Waals surface area contributed by atoms with Gasteiger partial charge in [-0.05, 0) is 24.3 Å². The summed E-state index contributed by atoms with van der Waals surface area (Å²) < 4.78 is 24.1. The molecule has 3 N–H and O–H groups in total. The predicted molar refractivity (Wildman–Crippen MR) is 70.5 cm³/mol. The molecule has 2 aromatic rings. The molecule has 0 aliphatic carbocycles. The van der Waals surface area contributed by atoms with Crippen LogP contribution in [-0.4, -0.2) is 19.6 Å². The molecule has 0 aliphatic heterocycles. The van der Waals surface area contributed by atoms with Gasteiger partial charge in [-0.2, -0.15) is 0 Å². The van der Waals surface area contributed by atoms with Crippen LogP contribution in [0.5, 0.6) is 0 Å². The SMILES string of the molecule is NC(=O)O.O=S(=O)(c1ccccc1)c1ccccc1. The van der Waals surface area contributed by atoms with Crippen LogP contribution in [0.2, 0.25) is 0 Å². The van der Waals surface area contributed by atoms with Gasteiger partial charge in [0.15, 0.2) is 0 Å². The van der Waals surface area contributed by atoms with E-state index in [9.17, 15) is 8.42 Å². The van der Waals surface area contributed by atoms with Crippen molar-refractivity contribution in [3.8, 4) is 0 Å². The molecule has 1 amide bonds. The molecule has 5 nitrogen and oxygen atoms in total. The van der Waals surface area contributed by atoms with Crippen molar-refractivity contribution in [3.05, 3.63) is 60.7 Å². The fraction of sp³-hybridized carbons (Fsp3) is 0. The number of nitrogens with two attached hydrogens (primary N) is 1. The highest BCUT2D eigenvalue weighted by Crippen LogP contribution is 2.19. The van der Waals surface area contributed by atoms with Crippen LogP contribution in [0, 0.1) is 0 Å². The second kappa shape index (κ2) is 6.55. The summed E-state index contributed by atoms with van der Waals surface area (Å²) >= 11 is 0. The first kappa shape index (κ1) is 14.7. The molecule has 0 unspecified atom stereocenters.